The first-order valence-electron chi connectivity index (χ1n) is 8.28. The molecule has 0 aromatic carbocycles. The minimum Gasteiger partial charge on any atom is -0.309 e. The van der Waals surface area contributed by atoms with E-state index in [1.54, 1.807) is 0 Å². The molecule has 2 heteroatoms. The van der Waals surface area contributed by atoms with Crippen LogP contribution >= 0.6 is 0 Å². The lowest BCUT2D eigenvalue weighted by Gasteiger charge is -2.49. The van der Waals surface area contributed by atoms with Crippen molar-refractivity contribution < 1.29 is 0 Å². The average molecular weight is 250 g/mol. The van der Waals surface area contributed by atoms with E-state index in [1.165, 1.54) is 77.4 Å². The Hall–Kier alpha value is -0.0800. The summed E-state index contributed by atoms with van der Waals surface area (Å²) in [6.07, 6.45) is 13.1. The third-order valence-corrected chi connectivity index (χ3v) is 5.87. The number of nitrogens with zero attached hydrogens (tertiary/aromatic N) is 1. The van der Waals surface area contributed by atoms with Crippen LogP contribution in [0.25, 0.3) is 0 Å². The summed E-state index contributed by atoms with van der Waals surface area (Å²) >= 11 is 0. The molecular formula is C16H30N2. The maximum absolute atomic E-state index is 3.87. The Morgan fingerprint density at radius 2 is 1.78 bits per heavy atom. The molecule has 1 heterocycles. The Bertz CT molecular complexity index is 259. The van der Waals surface area contributed by atoms with Crippen LogP contribution < -0.4 is 5.32 Å². The lowest BCUT2D eigenvalue weighted by Crippen LogP contribution is -2.63. The van der Waals surface area contributed by atoms with Crippen LogP contribution in [-0.2, 0) is 0 Å². The van der Waals surface area contributed by atoms with Gasteiger partial charge in [0.05, 0.1) is 0 Å². The predicted molar refractivity (Wildman–Crippen MR) is 76.8 cm³/mol. The fourth-order valence-electron chi connectivity index (χ4n) is 4.64. The topological polar surface area (TPSA) is 15.3 Å². The van der Waals surface area contributed by atoms with E-state index in [4.69, 9.17) is 0 Å². The van der Waals surface area contributed by atoms with E-state index in [-0.39, 0.29) is 0 Å². The van der Waals surface area contributed by atoms with Crippen molar-refractivity contribution >= 4 is 0 Å². The van der Waals surface area contributed by atoms with Crippen molar-refractivity contribution in [3.63, 3.8) is 0 Å². The summed E-state index contributed by atoms with van der Waals surface area (Å²) in [5, 5.41) is 3.87. The van der Waals surface area contributed by atoms with Crippen LogP contribution in [0.5, 0.6) is 0 Å². The van der Waals surface area contributed by atoms with Crippen LogP contribution in [0.4, 0.5) is 0 Å². The molecule has 2 aliphatic carbocycles. The molecule has 0 radical (unpaired) electrons. The van der Waals surface area contributed by atoms with E-state index >= 15 is 0 Å². The zero-order valence-corrected chi connectivity index (χ0v) is 12.1. The van der Waals surface area contributed by atoms with Gasteiger partial charge in [0.1, 0.15) is 0 Å². The van der Waals surface area contributed by atoms with Crippen LogP contribution in [0.15, 0.2) is 0 Å². The first kappa shape index (κ1) is 12.9. The zero-order chi connectivity index (χ0) is 12.4. The van der Waals surface area contributed by atoms with Crippen molar-refractivity contribution in [2.24, 2.45) is 5.92 Å². The van der Waals surface area contributed by atoms with Crippen LogP contribution in [0.1, 0.15) is 64.7 Å². The quantitative estimate of drug-likeness (QED) is 0.810. The van der Waals surface area contributed by atoms with E-state index < -0.39 is 0 Å². The van der Waals surface area contributed by atoms with E-state index in [9.17, 15) is 0 Å². The predicted octanol–water partition coefficient (Wildman–Crippen LogP) is 3.17. The molecule has 18 heavy (non-hydrogen) atoms. The highest BCUT2D eigenvalue weighted by Gasteiger charge is 2.38. The first-order chi connectivity index (χ1) is 8.79. The maximum Gasteiger partial charge on any atom is 0.0309 e. The minimum atomic E-state index is 0.489. The van der Waals surface area contributed by atoms with Crippen molar-refractivity contribution in [1.29, 1.82) is 0 Å². The number of piperazine rings is 1. The summed E-state index contributed by atoms with van der Waals surface area (Å²) < 4.78 is 0. The molecule has 3 rings (SSSR count). The molecule has 2 nitrogen and oxygen atoms in total. The third kappa shape index (κ3) is 2.60. The summed E-state index contributed by atoms with van der Waals surface area (Å²) in [6, 6.07) is 0.827. The van der Waals surface area contributed by atoms with Gasteiger partial charge in [-0.1, -0.05) is 32.1 Å². The van der Waals surface area contributed by atoms with Gasteiger partial charge in [-0.25, -0.2) is 0 Å². The van der Waals surface area contributed by atoms with Crippen molar-refractivity contribution in [2.45, 2.75) is 76.3 Å². The Balaban J connectivity index is 1.62. The largest absolute Gasteiger partial charge is 0.309 e. The highest BCUT2D eigenvalue weighted by atomic mass is 15.2. The molecule has 0 amide bonds. The van der Waals surface area contributed by atoms with Crippen LogP contribution in [0.2, 0.25) is 0 Å². The van der Waals surface area contributed by atoms with E-state index in [0.717, 1.165) is 12.0 Å². The van der Waals surface area contributed by atoms with Gasteiger partial charge < -0.3 is 5.32 Å². The molecule has 0 aromatic heterocycles. The summed E-state index contributed by atoms with van der Waals surface area (Å²) in [6.45, 7) is 6.32. The summed E-state index contributed by atoms with van der Waals surface area (Å²) in [7, 11) is 0. The fraction of sp³-hybridized carbons (Fsp3) is 1.00. The van der Waals surface area contributed by atoms with Gasteiger partial charge in [0.15, 0.2) is 0 Å². The summed E-state index contributed by atoms with van der Waals surface area (Å²) in [4.78, 5) is 2.82. The first-order valence-corrected chi connectivity index (χ1v) is 8.28. The number of hydrogen-bond donors (Lipinski definition) is 1. The van der Waals surface area contributed by atoms with Crippen molar-refractivity contribution in [3.8, 4) is 0 Å². The number of hydrogen-bond acceptors (Lipinski definition) is 2. The molecule has 0 aromatic rings. The monoisotopic (exact) mass is 250 g/mol. The standard InChI is InChI=1S/C16H30N2/c1-14(15-7-3-4-8-15)18-12-11-17-16(13-18)9-5-2-6-10-16/h14-15,17H,2-13H2,1H3. The lowest BCUT2D eigenvalue weighted by molar-refractivity contribution is 0.0533. The van der Waals surface area contributed by atoms with Crippen molar-refractivity contribution in [1.82, 2.24) is 10.2 Å². The Labute approximate surface area is 113 Å². The fourth-order valence-corrected chi connectivity index (χ4v) is 4.64. The smallest absolute Gasteiger partial charge is 0.0309 e. The van der Waals surface area contributed by atoms with E-state index in [0.29, 0.717) is 5.54 Å². The molecule has 0 bridgehead atoms. The highest BCUT2D eigenvalue weighted by Crippen LogP contribution is 2.35. The third-order valence-electron chi connectivity index (χ3n) is 5.87. The molecule has 2 saturated carbocycles. The van der Waals surface area contributed by atoms with Crippen LogP contribution in [0.3, 0.4) is 0 Å². The summed E-state index contributed by atoms with van der Waals surface area (Å²) in [5.74, 6) is 0.990. The van der Waals surface area contributed by atoms with Gasteiger partial charge in [0, 0.05) is 31.2 Å². The molecule has 1 spiro atoms. The van der Waals surface area contributed by atoms with E-state index in [1.807, 2.05) is 0 Å². The molecule has 1 atom stereocenters. The minimum absolute atomic E-state index is 0.489. The van der Waals surface area contributed by atoms with Crippen molar-refractivity contribution in [3.05, 3.63) is 0 Å². The SMILES string of the molecule is CC(C1CCCC1)N1CCNC2(CCCCC2)C1. The van der Waals surface area contributed by atoms with Gasteiger partial charge in [-0.15, -0.1) is 0 Å². The maximum atomic E-state index is 3.87. The van der Waals surface area contributed by atoms with Gasteiger partial charge in [-0.2, -0.15) is 0 Å². The van der Waals surface area contributed by atoms with Gasteiger partial charge >= 0.3 is 0 Å². The molecular weight excluding hydrogens is 220 g/mol. The second kappa shape index (κ2) is 5.50. The molecule has 1 unspecified atom stereocenters. The Morgan fingerprint density at radius 1 is 1.06 bits per heavy atom. The molecule has 1 saturated heterocycles. The molecule has 1 aliphatic heterocycles. The molecule has 3 fully saturated rings. The van der Waals surface area contributed by atoms with Gasteiger partial charge in [-0.3, -0.25) is 4.90 Å². The second-order valence-electron chi connectivity index (χ2n) is 7.02. The molecule has 3 aliphatic rings. The van der Waals surface area contributed by atoms with Crippen molar-refractivity contribution in [2.75, 3.05) is 19.6 Å². The Morgan fingerprint density at radius 3 is 2.50 bits per heavy atom. The average Bonchev–Trinajstić information content (AvgIpc) is 2.93. The number of rotatable bonds is 2. The number of nitrogens with one attached hydrogen (secondary N) is 1. The van der Waals surface area contributed by atoms with Crippen LogP contribution in [0, 0.1) is 5.92 Å². The summed E-state index contributed by atoms with van der Waals surface area (Å²) in [5.41, 5.74) is 0.489. The van der Waals surface area contributed by atoms with Crippen LogP contribution in [-0.4, -0.2) is 36.1 Å². The highest BCUT2D eigenvalue weighted by molar-refractivity contribution is 4.98. The molecule has 1 N–H and O–H groups in total. The zero-order valence-electron chi connectivity index (χ0n) is 12.1. The molecule has 104 valence electrons. The Kier molecular flexibility index (Phi) is 3.95. The lowest BCUT2D eigenvalue weighted by atomic mass is 9.79. The van der Waals surface area contributed by atoms with Gasteiger partial charge in [0.2, 0.25) is 0 Å². The van der Waals surface area contributed by atoms with E-state index in [2.05, 4.69) is 17.1 Å². The van der Waals surface area contributed by atoms with Gasteiger partial charge in [-0.05, 0) is 38.5 Å². The second-order valence-corrected chi connectivity index (χ2v) is 7.02. The van der Waals surface area contributed by atoms with Gasteiger partial charge in [0.25, 0.3) is 0 Å². The normalized spacial score (nSPS) is 31.8.